The van der Waals surface area contributed by atoms with E-state index in [0.29, 0.717) is 30.2 Å². The van der Waals surface area contributed by atoms with Gasteiger partial charge in [0, 0.05) is 49.4 Å². The van der Waals surface area contributed by atoms with E-state index in [0.717, 1.165) is 41.8 Å². The maximum Gasteiger partial charge on any atom is 0.319 e. The molecule has 0 radical (unpaired) electrons. The lowest BCUT2D eigenvalue weighted by Crippen LogP contribution is -2.39. The van der Waals surface area contributed by atoms with Gasteiger partial charge in [-0.15, -0.1) is 0 Å². The number of ether oxygens (including phenoxy) is 2. The molecule has 0 aliphatic carbocycles. The third-order valence-corrected chi connectivity index (χ3v) is 6.07. The number of urea groups is 1. The van der Waals surface area contributed by atoms with Crippen LogP contribution in [0.5, 0.6) is 11.5 Å². The molecule has 3 aromatic rings. The number of carbonyl (C=O) groups excluding carboxylic acids is 2. The first kappa shape index (κ1) is 24.3. The summed E-state index contributed by atoms with van der Waals surface area (Å²) in [5, 5.41) is 9.85. The van der Waals surface area contributed by atoms with Crippen molar-refractivity contribution in [2.24, 2.45) is 0 Å². The number of pyridine rings is 1. The van der Waals surface area contributed by atoms with Crippen molar-refractivity contribution < 1.29 is 19.1 Å². The van der Waals surface area contributed by atoms with Crippen LogP contribution in [0.4, 0.5) is 10.5 Å². The van der Waals surface area contributed by atoms with Gasteiger partial charge in [-0.25, -0.2) is 4.79 Å². The number of fused-ring (bicyclic) bond motifs is 1. The number of para-hydroxylation sites is 1. The molecule has 4 rings (SSSR count). The molecule has 1 aliphatic heterocycles. The van der Waals surface area contributed by atoms with Gasteiger partial charge in [0.25, 0.3) is 5.91 Å². The molecule has 35 heavy (non-hydrogen) atoms. The summed E-state index contributed by atoms with van der Waals surface area (Å²) in [6.07, 6.45) is 0.846. The van der Waals surface area contributed by atoms with Gasteiger partial charge in [-0.2, -0.15) is 0 Å². The van der Waals surface area contributed by atoms with Crippen molar-refractivity contribution in [3.63, 3.8) is 0 Å². The number of aryl methyl sites for hydroxylation is 1. The normalized spacial score (nSPS) is 15.6. The highest BCUT2D eigenvalue weighted by Crippen LogP contribution is 2.25. The Morgan fingerprint density at radius 2 is 1.94 bits per heavy atom. The number of methoxy groups -OCH3 is 2. The highest BCUT2D eigenvalue weighted by atomic mass is 16.5. The predicted octanol–water partition coefficient (Wildman–Crippen LogP) is 3.19. The minimum atomic E-state index is -0.253. The molecule has 0 spiro atoms. The molecule has 2 heterocycles. The maximum absolute atomic E-state index is 12.8. The Hall–Kier alpha value is -3.85. The van der Waals surface area contributed by atoms with E-state index in [9.17, 15) is 9.59 Å². The second-order valence-electron chi connectivity index (χ2n) is 8.54. The first-order valence-corrected chi connectivity index (χ1v) is 11.6. The number of hydrogen-bond acceptors (Lipinski definition) is 6. The van der Waals surface area contributed by atoms with Crippen molar-refractivity contribution in [2.45, 2.75) is 19.4 Å². The van der Waals surface area contributed by atoms with Crippen LogP contribution in [-0.4, -0.2) is 68.3 Å². The number of rotatable bonds is 8. The first-order valence-electron chi connectivity index (χ1n) is 11.6. The van der Waals surface area contributed by atoms with Gasteiger partial charge >= 0.3 is 6.03 Å². The summed E-state index contributed by atoms with van der Waals surface area (Å²) in [4.78, 5) is 32.0. The minimum Gasteiger partial charge on any atom is -0.497 e. The minimum absolute atomic E-state index is 0.0364. The molecule has 1 unspecified atom stereocenters. The summed E-state index contributed by atoms with van der Waals surface area (Å²) in [7, 11) is 3.10. The molecule has 1 fully saturated rings. The monoisotopic (exact) mass is 477 g/mol. The second kappa shape index (κ2) is 11.1. The van der Waals surface area contributed by atoms with Gasteiger partial charge in [0.2, 0.25) is 0 Å². The van der Waals surface area contributed by atoms with Crippen molar-refractivity contribution >= 4 is 28.5 Å². The third-order valence-electron chi connectivity index (χ3n) is 6.07. The summed E-state index contributed by atoms with van der Waals surface area (Å²) < 4.78 is 10.5. The highest BCUT2D eigenvalue weighted by molar-refractivity contribution is 6.00. The lowest BCUT2D eigenvalue weighted by Gasteiger charge is -2.18. The van der Waals surface area contributed by atoms with Gasteiger partial charge in [-0.3, -0.25) is 14.7 Å². The third kappa shape index (κ3) is 5.99. The molecular formula is C26H31N5O4. The molecule has 0 saturated carbocycles. The smallest absolute Gasteiger partial charge is 0.319 e. The predicted molar refractivity (Wildman–Crippen MR) is 135 cm³/mol. The van der Waals surface area contributed by atoms with Crippen LogP contribution in [0.15, 0.2) is 48.5 Å². The van der Waals surface area contributed by atoms with Crippen LogP contribution in [0.3, 0.4) is 0 Å². The summed E-state index contributed by atoms with van der Waals surface area (Å²) >= 11 is 0. The van der Waals surface area contributed by atoms with Crippen molar-refractivity contribution in [2.75, 3.05) is 45.7 Å². The Morgan fingerprint density at radius 3 is 2.74 bits per heavy atom. The average Bonchev–Trinajstić information content (AvgIpc) is 3.30. The average molecular weight is 478 g/mol. The van der Waals surface area contributed by atoms with Crippen LogP contribution in [0.25, 0.3) is 10.9 Å². The van der Waals surface area contributed by atoms with Gasteiger partial charge in [-0.1, -0.05) is 18.2 Å². The maximum atomic E-state index is 12.8. The zero-order valence-corrected chi connectivity index (χ0v) is 20.3. The van der Waals surface area contributed by atoms with Crippen LogP contribution >= 0.6 is 0 Å². The molecule has 2 aromatic carbocycles. The second-order valence-corrected chi connectivity index (χ2v) is 8.54. The first-order chi connectivity index (χ1) is 17.0. The quantitative estimate of drug-likeness (QED) is 0.460. The summed E-state index contributed by atoms with van der Waals surface area (Å²) in [5.74, 6) is 0.937. The highest BCUT2D eigenvalue weighted by Gasteiger charge is 2.25. The Kier molecular flexibility index (Phi) is 7.67. The van der Waals surface area contributed by atoms with Gasteiger partial charge in [0.1, 0.15) is 11.5 Å². The van der Waals surface area contributed by atoms with Gasteiger partial charge in [0.15, 0.2) is 0 Å². The Balaban J connectivity index is 1.24. The number of nitrogens with zero attached hydrogens (tertiary/aromatic N) is 2. The summed E-state index contributed by atoms with van der Waals surface area (Å²) in [5.41, 5.74) is 2.91. The fourth-order valence-electron chi connectivity index (χ4n) is 4.31. The fraction of sp³-hybridized carbons (Fsp3) is 0.346. The number of benzene rings is 2. The van der Waals surface area contributed by atoms with Crippen LogP contribution < -0.4 is 25.4 Å². The molecule has 1 atom stereocenters. The molecule has 9 nitrogen and oxygen atoms in total. The van der Waals surface area contributed by atoms with Crippen LogP contribution in [0.2, 0.25) is 0 Å². The van der Waals surface area contributed by atoms with Crippen LogP contribution in [0.1, 0.15) is 22.5 Å². The SMILES string of the molecule is COc1ccc(C(=O)NC2CCN(CCNC(=O)Nc3cc(C)nc4ccccc34)C2)c(OC)c1. The number of hydrogen-bond donors (Lipinski definition) is 3. The number of likely N-dealkylation sites (tertiary alicyclic amines) is 1. The largest absolute Gasteiger partial charge is 0.497 e. The van der Waals surface area contributed by atoms with E-state index in [4.69, 9.17) is 9.47 Å². The standard InChI is InChI=1S/C26H31N5O4/c1-17-14-23(20-6-4-5-7-22(20)28-17)30-26(33)27-11-13-31-12-10-18(16-31)29-25(32)21-9-8-19(34-2)15-24(21)35-3/h4-9,14-15,18H,10-13,16H2,1-3H3,(H,29,32)(H2,27,28,30,33). The molecular weight excluding hydrogens is 446 g/mol. The van der Waals surface area contributed by atoms with E-state index in [2.05, 4.69) is 25.8 Å². The van der Waals surface area contributed by atoms with E-state index >= 15 is 0 Å². The number of amides is 3. The van der Waals surface area contributed by atoms with Crippen molar-refractivity contribution in [1.82, 2.24) is 20.5 Å². The van der Waals surface area contributed by atoms with Crippen LogP contribution in [0, 0.1) is 6.92 Å². The fourth-order valence-corrected chi connectivity index (χ4v) is 4.31. The summed E-state index contributed by atoms with van der Waals surface area (Å²) in [6.45, 7) is 4.68. The van der Waals surface area contributed by atoms with Gasteiger partial charge in [-0.05, 0) is 37.6 Å². The molecule has 9 heteroatoms. The molecule has 1 saturated heterocycles. The molecule has 184 valence electrons. The van der Waals surface area contributed by atoms with E-state index in [-0.39, 0.29) is 18.0 Å². The van der Waals surface area contributed by atoms with E-state index < -0.39 is 0 Å². The van der Waals surface area contributed by atoms with E-state index in [1.54, 1.807) is 25.3 Å². The number of aromatic nitrogens is 1. The Morgan fingerprint density at radius 1 is 1.11 bits per heavy atom. The zero-order valence-electron chi connectivity index (χ0n) is 20.3. The number of carbonyl (C=O) groups is 2. The number of nitrogens with one attached hydrogen (secondary N) is 3. The molecule has 1 aliphatic rings. The van der Waals surface area contributed by atoms with E-state index in [1.807, 2.05) is 37.3 Å². The molecule has 3 N–H and O–H groups in total. The molecule has 1 aromatic heterocycles. The molecule has 3 amide bonds. The Labute approximate surface area is 204 Å². The van der Waals surface area contributed by atoms with Crippen molar-refractivity contribution in [3.8, 4) is 11.5 Å². The van der Waals surface area contributed by atoms with Crippen molar-refractivity contribution in [1.29, 1.82) is 0 Å². The van der Waals surface area contributed by atoms with Crippen molar-refractivity contribution in [3.05, 3.63) is 59.8 Å². The van der Waals surface area contributed by atoms with Gasteiger partial charge in [0.05, 0.1) is 31.0 Å². The Bertz CT molecular complexity index is 1220. The van der Waals surface area contributed by atoms with Crippen LogP contribution in [-0.2, 0) is 0 Å². The number of anilines is 1. The lowest BCUT2D eigenvalue weighted by atomic mass is 10.1. The lowest BCUT2D eigenvalue weighted by molar-refractivity contribution is 0.0934. The van der Waals surface area contributed by atoms with Gasteiger partial charge < -0.3 is 25.4 Å². The van der Waals surface area contributed by atoms with E-state index in [1.165, 1.54) is 7.11 Å². The topological polar surface area (TPSA) is 105 Å². The summed E-state index contributed by atoms with van der Waals surface area (Å²) in [6, 6.07) is 14.5. The molecule has 0 bridgehead atoms. The zero-order chi connectivity index (χ0) is 24.8.